The fourth-order valence-corrected chi connectivity index (χ4v) is 4.74. The van der Waals surface area contributed by atoms with Crippen molar-refractivity contribution < 1.29 is 19.2 Å². The van der Waals surface area contributed by atoms with Crippen LogP contribution in [-0.4, -0.2) is 54.5 Å². The van der Waals surface area contributed by atoms with Gasteiger partial charge in [0.05, 0.1) is 16.9 Å². The summed E-state index contributed by atoms with van der Waals surface area (Å²) in [6.45, 7) is 5.33. The van der Waals surface area contributed by atoms with Gasteiger partial charge in [0, 0.05) is 36.7 Å². The van der Waals surface area contributed by atoms with E-state index in [-0.39, 0.29) is 18.1 Å². The standard InChI is InChI=1S/C24H27N3O5S/c1-16(2)18-6-4-5-7-21(18)33-22-10-8-17(14-20(22)27(30)31)9-11-23(28)26-13-12-25-19(15-26)24(29)32-3/h4-11,14,16,19,25H,12-13,15H2,1-3H3/b11-9+. The van der Waals surface area contributed by atoms with Crippen molar-refractivity contribution in [3.8, 4) is 0 Å². The average Bonchev–Trinajstić information content (AvgIpc) is 2.82. The Morgan fingerprint density at radius 2 is 2.00 bits per heavy atom. The van der Waals surface area contributed by atoms with E-state index < -0.39 is 16.9 Å². The van der Waals surface area contributed by atoms with E-state index >= 15 is 0 Å². The number of amides is 1. The van der Waals surface area contributed by atoms with Crippen molar-refractivity contribution in [3.05, 3.63) is 69.8 Å². The molecule has 2 aromatic carbocycles. The molecule has 1 fully saturated rings. The number of piperazine rings is 1. The minimum atomic E-state index is -0.563. The average molecular weight is 470 g/mol. The number of hydrogen-bond acceptors (Lipinski definition) is 7. The van der Waals surface area contributed by atoms with Gasteiger partial charge < -0.3 is 15.0 Å². The molecule has 0 spiro atoms. The maximum Gasteiger partial charge on any atom is 0.324 e. The van der Waals surface area contributed by atoms with Gasteiger partial charge in [-0.2, -0.15) is 0 Å². The fourth-order valence-electron chi connectivity index (χ4n) is 3.56. The summed E-state index contributed by atoms with van der Waals surface area (Å²) in [6, 6.07) is 12.3. The number of carbonyl (C=O) groups is 2. The summed E-state index contributed by atoms with van der Waals surface area (Å²) >= 11 is 1.37. The molecule has 1 atom stereocenters. The Balaban J connectivity index is 1.77. The Bertz CT molecular complexity index is 1070. The van der Waals surface area contributed by atoms with Crippen molar-refractivity contribution in [2.75, 3.05) is 26.7 Å². The van der Waals surface area contributed by atoms with Crippen molar-refractivity contribution in [1.29, 1.82) is 0 Å². The Kier molecular flexibility index (Phi) is 8.24. The van der Waals surface area contributed by atoms with E-state index in [1.807, 2.05) is 24.3 Å². The van der Waals surface area contributed by atoms with Gasteiger partial charge in [-0.3, -0.25) is 19.7 Å². The molecule has 1 N–H and O–H groups in total. The molecule has 174 valence electrons. The Morgan fingerprint density at radius 3 is 2.70 bits per heavy atom. The number of nitro groups is 1. The van der Waals surface area contributed by atoms with Crippen LogP contribution in [0.1, 0.15) is 30.9 Å². The van der Waals surface area contributed by atoms with Crippen molar-refractivity contribution in [2.24, 2.45) is 0 Å². The van der Waals surface area contributed by atoms with Gasteiger partial charge in [-0.1, -0.05) is 49.9 Å². The van der Waals surface area contributed by atoms with Gasteiger partial charge in [0.25, 0.3) is 5.69 Å². The van der Waals surface area contributed by atoms with Crippen LogP contribution in [0.4, 0.5) is 5.69 Å². The van der Waals surface area contributed by atoms with Crippen LogP contribution in [0.5, 0.6) is 0 Å². The first kappa shape index (κ1) is 24.5. The molecular formula is C24H27N3O5S. The molecule has 1 unspecified atom stereocenters. The fraction of sp³-hybridized carbons (Fsp3) is 0.333. The molecule has 2 aromatic rings. The zero-order valence-electron chi connectivity index (χ0n) is 18.8. The van der Waals surface area contributed by atoms with Gasteiger partial charge in [0.1, 0.15) is 6.04 Å². The van der Waals surface area contributed by atoms with Crippen LogP contribution in [-0.2, 0) is 14.3 Å². The number of esters is 1. The van der Waals surface area contributed by atoms with Gasteiger partial charge >= 0.3 is 5.97 Å². The zero-order chi connectivity index (χ0) is 24.0. The second-order valence-corrected chi connectivity index (χ2v) is 9.01. The summed E-state index contributed by atoms with van der Waals surface area (Å²) in [4.78, 5) is 38.7. The van der Waals surface area contributed by atoms with Gasteiger partial charge in [0.2, 0.25) is 5.91 Å². The van der Waals surface area contributed by atoms with Crippen LogP contribution < -0.4 is 5.32 Å². The first-order valence-corrected chi connectivity index (χ1v) is 11.4. The summed E-state index contributed by atoms with van der Waals surface area (Å²) < 4.78 is 4.73. The van der Waals surface area contributed by atoms with Crippen LogP contribution in [0.2, 0.25) is 0 Å². The smallest absolute Gasteiger partial charge is 0.324 e. The van der Waals surface area contributed by atoms with Crippen molar-refractivity contribution in [2.45, 2.75) is 35.6 Å². The summed E-state index contributed by atoms with van der Waals surface area (Å²) in [5.41, 5.74) is 1.67. The lowest BCUT2D eigenvalue weighted by Gasteiger charge is -2.31. The minimum Gasteiger partial charge on any atom is -0.468 e. The molecule has 1 saturated heterocycles. The summed E-state index contributed by atoms with van der Waals surface area (Å²) in [5, 5.41) is 14.8. The van der Waals surface area contributed by atoms with E-state index in [0.29, 0.717) is 29.5 Å². The van der Waals surface area contributed by atoms with E-state index in [2.05, 4.69) is 19.2 Å². The number of rotatable bonds is 7. The lowest BCUT2D eigenvalue weighted by molar-refractivity contribution is -0.387. The number of hydrogen-bond donors (Lipinski definition) is 1. The third kappa shape index (κ3) is 6.21. The van der Waals surface area contributed by atoms with E-state index in [4.69, 9.17) is 4.74 Å². The van der Waals surface area contributed by atoms with Crippen LogP contribution in [0.3, 0.4) is 0 Å². The molecule has 1 aliphatic rings. The third-order valence-corrected chi connectivity index (χ3v) is 6.49. The van der Waals surface area contributed by atoms with Gasteiger partial charge in [-0.25, -0.2) is 0 Å². The molecule has 0 radical (unpaired) electrons. The van der Waals surface area contributed by atoms with Gasteiger partial charge in [-0.05, 0) is 35.3 Å². The molecule has 1 aliphatic heterocycles. The van der Waals surface area contributed by atoms with Gasteiger partial charge in [-0.15, -0.1) is 0 Å². The van der Waals surface area contributed by atoms with E-state index in [0.717, 1.165) is 10.5 Å². The number of nitrogens with zero attached hydrogens (tertiary/aromatic N) is 2. The zero-order valence-corrected chi connectivity index (χ0v) is 19.6. The first-order chi connectivity index (χ1) is 15.8. The third-order valence-electron chi connectivity index (χ3n) is 5.33. The quantitative estimate of drug-likeness (QED) is 0.284. The highest BCUT2D eigenvalue weighted by Gasteiger charge is 2.27. The first-order valence-electron chi connectivity index (χ1n) is 10.6. The topological polar surface area (TPSA) is 102 Å². The predicted octanol–water partition coefficient (Wildman–Crippen LogP) is 3.86. The number of ether oxygens (including phenoxy) is 1. The summed E-state index contributed by atoms with van der Waals surface area (Å²) in [5.74, 6) is -0.388. The van der Waals surface area contributed by atoms with E-state index in [1.54, 1.807) is 23.1 Å². The number of nitrogens with one attached hydrogen (secondary N) is 1. The highest BCUT2D eigenvalue weighted by molar-refractivity contribution is 7.99. The second-order valence-electron chi connectivity index (χ2n) is 7.93. The molecule has 33 heavy (non-hydrogen) atoms. The van der Waals surface area contributed by atoms with Crippen LogP contribution in [0.25, 0.3) is 6.08 Å². The maximum absolute atomic E-state index is 12.6. The van der Waals surface area contributed by atoms with Crippen LogP contribution >= 0.6 is 11.8 Å². The number of methoxy groups -OCH3 is 1. The molecule has 0 aliphatic carbocycles. The molecule has 1 heterocycles. The molecular weight excluding hydrogens is 442 g/mol. The van der Waals surface area contributed by atoms with Crippen LogP contribution in [0.15, 0.2) is 58.3 Å². The summed E-state index contributed by atoms with van der Waals surface area (Å²) in [7, 11) is 1.31. The predicted molar refractivity (Wildman–Crippen MR) is 127 cm³/mol. The molecule has 0 saturated carbocycles. The van der Waals surface area contributed by atoms with Crippen molar-refractivity contribution in [1.82, 2.24) is 10.2 Å². The molecule has 9 heteroatoms. The monoisotopic (exact) mass is 469 g/mol. The SMILES string of the molecule is COC(=O)C1CN(C(=O)/C=C/c2ccc(Sc3ccccc3C(C)C)c([N+](=O)[O-])c2)CCN1. The second kappa shape index (κ2) is 11.1. The largest absolute Gasteiger partial charge is 0.468 e. The molecule has 0 bridgehead atoms. The van der Waals surface area contributed by atoms with E-state index in [9.17, 15) is 19.7 Å². The molecule has 3 rings (SSSR count). The molecule has 8 nitrogen and oxygen atoms in total. The Morgan fingerprint density at radius 1 is 1.24 bits per heavy atom. The van der Waals surface area contributed by atoms with Crippen LogP contribution in [0, 0.1) is 10.1 Å². The van der Waals surface area contributed by atoms with Gasteiger partial charge in [0.15, 0.2) is 0 Å². The number of nitro benzene ring substituents is 1. The maximum atomic E-state index is 12.6. The van der Waals surface area contributed by atoms with Crippen molar-refractivity contribution >= 4 is 35.4 Å². The molecule has 1 amide bonds. The Labute approximate surface area is 197 Å². The van der Waals surface area contributed by atoms with Crippen molar-refractivity contribution in [3.63, 3.8) is 0 Å². The highest BCUT2D eigenvalue weighted by Crippen LogP contribution is 2.39. The Hall–Kier alpha value is -3.17. The van der Waals surface area contributed by atoms with E-state index in [1.165, 1.54) is 31.0 Å². The number of carbonyl (C=O) groups excluding carboxylic acids is 2. The normalized spacial score (nSPS) is 16.2. The minimum absolute atomic E-state index is 0.0129. The number of benzene rings is 2. The highest BCUT2D eigenvalue weighted by atomic mass is 32.2. The summed E-state index contributed by atoms with van der Waals surface area (Å²) in [6.07, 6.45) is 2.93. The lowest BCUT2D eigenvalue weighted by atomic mass is 10.0. The lowest BCUT2D eigenvalue weighted by Crippen LogP contribution is -2.55. The molecule has 0 aromatic heterocycles.